The van der Waals surface area contributed by atoms with Crippen LogP contribution in [0.3, 0.4) is 0 Å². The number of aromatic nitrogens is 2. The Morgan fingerprint density at radius 1 is 1.00 bits per heavy atom. The van der Waals surface area contributed by atoms with Gasteiger partial charge in [-0.25, -0.2) is 0 Å². The Morgan fingerprint density at radius 3 is 2.53 bits per heavy atom. The van der Waals surface area contributed by atoms with Gasteiger partial charge in [-0.2, -0.15) is 4.98 Å². The number of hydrogen-bond donors (Lipinski definition) is 1. The lowest BCUT2D eigenvalue weighted by atomic mass is 10.2. The fourth-order valence-corrected chi connectivity index (χ4v) is 1.45. The number of nitrogens with zero attached hydrogens (tertiary/aromatic N) is 2. The standard InChI is InChI=1S/C12H8N2O3/c15-10-3-1-8(2-4-10)11-13-12(17-14-11)9-5-6-16-7-9/h1-7,15H. The highest BCUT2D eigenvalue weighted by atomic mass is 16.5. The van der Waals surface area contributed by atoms with Crippen molar-refractivity contribution in [2.45, 2.75) is 0 Å². The maximum atomic E-state index is 9.18. The van der Waals surface area contributed by atoms with Crippen LogP contribution in [0.25, 0.3) is 22.8 Å². The fraction of sp³-hybridized carbons (Fsp3) is 0. The Bertz CT molecular complexity index is 612. The summed E-state index contributed by atoms with van der Waals surface area (Å²) in [6, 6.07) is 8.33. The second-order valence-electron chi connectivity index (χ2n) is 3.48. The molecule has 0 spiro atoms. The quantitative estimate of drug-likeness (QED) is 0.730. The highest BCUT2D eigenvalue weighted by molar-refractivity contribution is 5.59. The molecule has 0 aliphatic heterocycles. The summed E-state index contributed by atoms with van der Waals surface area (Å²) in [5.41, 5.74) is 1.52. The topological polar surface area (TPSA) is 72.3 Å². The van der Waals surface area contributed by atoms with E-state index in [1.165, 1.54) is 6.26 Å². The van der Waals surface area contributed by atoms with Crippen molar-refractivity contribution in [1.29, 1.82) is 0 Å². The zero-order chi connectivity index (χ0) is 11.7. The molecule has 3 rings (SSSR count). The number of rotatable bonds is 2. The lowest BCUT2D eigenvalue weighted by molar-refractivity contribution is 0.431. The largest absolute Gasteiger partial charge is 0.508 e. The highest BCUT2D eigenvalue weighted by Gasteiger charge is 2.11. The number of phenols is 1. The smallest absolute Gasteiger partial charge is 0.261 e. The van der Waals surface area contributed by atoms with E-state index >= 15 is 0 Å². The summed E-state index contributed by atoms with van der Waals surface area (Å²) in [6.07, 6.45) is 3.08. The molecule has 17 heavy (non-hydrogen) atoms. The maximum Gasteiger partial charge on any atom is 0.261 e. The average Bonchev–Trinajstić information content (AvgIpc) is 3.00. The van der Waals surface area contributed by atoms with Gasteiger partial charge < -0.3 is 14.0 Å². The molecule has 0 saturated carbocycles. The van der Waals surface area contributed by atoms with Crippen molar-refractivity contribution >= 4 is 0 Å². The summed E-state index contributed by atoms with van der Waals surface area (Å²) < 4.78 is 10.0. The van der Waals surface area contributed by atoms with Gasteiger partial charge in [0.25, 0.3) is 5.89 Å². The van der Waals surface area contributed by atoms with E-state index in [2.05, 4.69) is 10.1 Å². The summed E-state index contributed by atoms with van der Waals surface area (Å²) in [7, 11) is 0. The van der Waals surface area contributed by atoms with E-state index in [4.69, 9.17) is 8.94 Å². The molecule has 2 aromatic heterocycles. The van der Waals surface area contributed by atoms with Crippen LogP contribution >= 0.6 is 0 Å². The Kier molecular flexibility index (Phi) is 2.15. The van der Waals surface area contributed by atoms with Crippen LogP contribution < -0.4 is 0 Å². The van der Waals surface area contributed by atoms with Crippen LogP contribution in [0.4, 0.5) is 0 Å². The fourth-order valence-electron chi connectivity index (χ4n) is 1.45. The highest BCUT2D eigenvalue weighted by Crippen LogP contribution is 2.23. The van der Waals surface area contributed by atoms with E-state index in [9.17, 15) is 5.11 Å². The minimum atomic E-state index is 0.201. The first-order valence-electron chi connectivity index (χ1n) is 4.98. The van der Waals surface area contributed by atoms with Crippen LogP contribution in [0.5, 0.6) is 5.75 Å². The van der Waals surface area contributed by atoms with Gasteiger partial charge in [-0.15, -0.1) is 0 Å². The Morgan fingerprint density at radius 2 is 1.82 bits per heavy atom. The molecular weight excluding hydrogens is 220 g/mol. The molecule has 0 saturated heterocycles. The van der Waals surface area contributed by atoms with Gasteiger partial charge in [-0.1, -0.05) is 5.16 Å². The van der Waals surface area contributed by atoms with E-state index in [1.807, 2.05) is 0 Å². The molecule has 1 N–H and O–H groups in total. The Labute approximate surface area is 96.3 Å². The van der Waals surface area contributed by atoms with Crippen molar-refractivity contribution in [2.75, 3.05) is 0 Å². The molecular formula is C12H8N2O3. The number of furan rings is 1. The van der Waals surface area contributed by atoms with Crippen molar-refractivity contribution < 1.29 is 14.0 Å². The lowest BCUT2D eigenvalue weighted by Gasteiger charge is -1.93. The number of aromatic hydroxyl groups is 1. The summed E-state index contributed by atoms with van der Waals surface area (Å²) in [4.78, 5) is 4.23. The van der Waals surface area contributed by atoms with Crippen molar-refractivity contribution in [3.8, 4) is 28.6 Å². The number of benzene rings is 1. The number of hydrogen-bond acceptors (Lipinski definition) is 5. The molecule has 0 fully saturated rings. The minimum absolute atomic E-state index is 0.201. The van der Waals surface area contributed by atoms with E-state index in [1.54, 1.807) is 36.6 Å². The maximum absolute atomic E-state index is 9.18. The second-order valence-corrected chi connectivity index (χ2v) is 3.48. The molecule has 0 amide bonds. The molecule has 0 aliphatic carbocycles. The van der Waals surface area contributed by atoms with Crippen LogP contribution in [-0.2, 0) is 0 Å². The Balaban J connectivity index is 1.98. The van der Waals surface area contributed by atoms with Gasteiger partial charge in [0.1, 0.15) is 12.0 Å². The molecule has 0 radical (unpaired) electrons. The van der Waals surface area contributed by atoms with Crippen LogP contribution in [0.2, 0.25) is 0 Å². The molecule has 1 aromatic carbocycles. The normalized spacial score (nSPS) is 10.6. The third-order valence-electron chi connectivity index (χ3n) is 2.32. The Hall–Kier alpha value is -2.56. The van der Waals surface area contributed by atoms with Gasteiger partial charge in [0.15, 0.2) is 0 Å². The summed E-state index contributed by atoms with van der Waals surface area (Å²) in [5, 5.41) is 13.0. The molecule has 0 atom stereocenters. The first-order valence-corrected chi connectivity index (χ1v) is 4.98. The molecule has 5 nitrogen and oxygen atoms in total. The van der Waals surface area contributed by atoms with Crippen molar-refractivity contribution in [1.82, 2.24) is 10.1 Å². The first-order chi connectivity index (χ1) is 8.33. The second kappa shape index (κ2) is 3.79. The van der Waals surface area contributed by atoms with Crippen LogP contribution in [0, 0.1) is 0 Å². The summed E-state index contributed by atoms with van der Waals surface area (Å²) >= 11 is 0. The lowest BCUT2D eigenvalue weighted by Crippen LogP contribution is -1.79. The van der Waals surface area contributed by atoms with Crippen LogP contribution in [0.15, 0.2) is 51.8 Å². The predicted octanol–water partition coefficient (Wildman–Crippen LogP) is 2.70. The van der Waals surface area contributed by atoms with E-state index < -0.39 is 0 Å². The van der Waals surface area contributed by atoms with Gasteiger partial charge in [0, 0.05) is 5.56 Å². The van der Waals surface area contributed by atoms with Crippen molar-refractivity contribution in [3.63, 3.8) is 0 Å². The predicted molar refractivity (Wildman–Crippen MR) is 59.1 cm³/mol. The zero-order valence-corrected chi connectivity index (χ0v) is 8.70. The number of phenolic OH excluding ortho intramolecular Hbond substituents is 1. The molecule has 5 heteroatoms. The monoisotopic (exact) mass is 228 g/mol. The van der Waals surface area contributed by atoms with Crippen LogP contribution in [0.1, 0.15) is 0 Å². The van der Waals surface area contributed by atoms with Gasteiger partial charge >= 0.3 is 0 Å². The van der Waals surface area contributed by atoms with Crippen molar-refractivity contribution in [3.05, 3.63) is 42.9 Å². The van der Waals surface area contributed by atoms with E-state index in [-0.39, 0.29) is 5.75 Å². The molecule has 2 heterocycles. The van der Waals surface area contributed by atoms with Crippen molar-refractivity contribution in [2.24, 2.45) is 0 Å². The molecule has 3 aromatic rings. The third-order valence-corrected chi connectivity index (χ3v) is 2.32. The van der Waals surface area contributed by atoms with E-state index in [0.29, 0.717) is 11.7 Å². The molecule has 0 unspecified atom stereocenters. The zero-order valence-electron chi connectivity index (χ0n) is 8.70. The van der Waals surface area contributed by atoms with Gasteiger partial charge in [-0.05, 0) is 30.3 Å². The van der Waals surface area contributed by atoms with Gasteiger partial charge in [0.05, 0.1) is 11.8 Å². The molecule has 0 aliphatic rings. The summed E-state index contributed by atoms with van der Waals surface area (Å²) in [5.74, 6) is 1.08. The molecule has 84 valence electrons. The average molecular weight is 228 g/mol. The third kappa shape index (κ3) is 1.78. The summed E-state index contributed by atoms with van der Waals surface area (Å²) in [6.45, 7) is 0. The van der Waals surface area contributed by atoms with Gasteiger partial charge in [0.2, 0.25) is 5.82 Å². The minimum Gasteiger partial charge on any atom is -0.508 e. The SMILES string of the molecule is Oc1ccc(-c2noc(-c3ccoc3)n2)cc1. The first kappa shape index (κ1) is 9.65. The van der Waals surface area contributed by atoms with Crippen LogP contribution in [-0.4, -0.2) is 15.2 Å². The van der Waals surface area contributed by atoms with Gasteiger partial charge in [-0.3, -0.25) is 0 Å². The van der Waals surface area contributed by atoms with E-state index in [0.717, 1.165) is 11.1 Å². The molecule has 0 bridgehead atoms.